The van der Waals surface area contributed by atoms with E-state index in [0.717, 1.165) is 5.56 Å². The van der Waals surface area contributed by atoms with Crippen molar-refractivity contribution in [1.29, 1.82) is 0 Å². The summed E-state index contributed by atoms with van der Waals surface area (Å²) in [6, 6.07) is 12.6. The zero-order valence-corrected chi connectivity index (χ0v) is 15.5. The van der Waals surface area contributed by atoms with E-state index in [2.05, 4.69) is 0 Å². The van der Waals surface area contributed by atoms with Crippen LogP contribution in [-0.2, 0) is 20.9 Å². The second-order valence-electron chi connectivity index (χ2n) is 5.92. The maximum absolute atomic E-state index is 12.9. The van der Waals surface area contributed by atoms with Gasteiger partial charge in [0.25, 0.3) is 5.91 Å². The average molecular weight is 375 g/mol. The molecule has 0 N–H and O–H groups in total. The fraction of sp³-hybridized carbons (Fsp3) is 0.300. The Labute approximate surface area is 157 Å². The molecule has 1 atom stereocenters. The highest BCUT2D eigenvalue weighted by atomic mass is 19.1. The first kappa shape index (κ1) is 20.2. The monoisotopic (exact) mass is 375 g/mol. The number of benzene rings is 2. The van der Waals surface area contributed by atoms with Crippen molar-refractivity contribution >= 4 is 11.9 Å². The first-order valence-corrected chi connectivity index (χ1v) is 8.35. The highest BCUT2D eigenvalue weighted by molar-refractivity contribution is 5.81. The number of amides is 1. The van der Waals surface area contributed by atoms with Crippen LogP contribution in [0.25, 0.3) is 0 Å². The van der Waals surface area contributed by atoms with E-state index in [0.29, 0.717) is 11.5 Å². The number of carbonyl (C=O) groups excluding carboxylic acids is 2. The van der Waals surface area contributed by atoms with Gasteiger partial charge in [-0.25, -0.2) is 9.18 Å². The molecule has 0 radical (unpaired) electrons. The summed E-state index contributed by atoms with van der Waals surface area (Å²) in [5, 5.41) is 0. The molecule has 144 valence electrons. The van der Waals surface area contributed by atoms with Crippen LogP contribution in [0.4, 0.5) is 4.39 Å². The molecule has 0 saturated carbocycles. The molecule has 0 heterocycles. The molecule has 0 aliphatic heterocycles. The van der Waals surface area contributed by atoms with Crippen LogP contribution in [0.15, 0.2) is 48.5 Å². The Hall–Kier alpha value is -3.09. The second kappa shape index (κ2) is 9.56. The van der Waals surface area contributed by atoms with Gasteiger partial charge in [0.1, 0.15) is 17.3 Å². The van der Waals surface area contributed by atoms with E-state index in [1.54, 1.807) is 57.5 Å². The average Bonchev–Trinajstić information content (AvgIpc) is 2.68. The molecule has 0 aliphatic carbocycles. The molecular formula is C20H22FNO5. The number of halogens is 1. The molecule has 6 nitrogen and oxygen atoms in total. The van der Waals surface area contributed by atoms with Crippen molar-refractivity contribution in [3.05, 3.63) is 59.9 Å². The van der Waals surface area contributed by atoms with Crippen LogP contribution < -0.4 is 9.47 Å². The van der Waals surface area contributed by atoms with Crippen molar-refractivity contribution in [3.8, 4) is 11.5 Å². The summed E-state index contributed by atoms with van der Waals surface area (Å²) in [4.78, 5) is 25.5. The zero-order valence-electron chi connectivity index (χ0n) is 15.5. The molecule has 2 aromatic rings. The van der Waals surface area contributed by atoms with Crippen molar-refractivity contribution in [1.82, 2.24) is 4.90 Å². The van der Waals surface area contributed by atoms with Crippen LogP contribution in [0.2, 0.25) is 0 Å². The number of methoxy groups -OCH3 is 1. The lowest BCUT2D eigenvalue weighted by Crippen LogP contribution is -2.34. The molecule has 7 heteroatoms. The molecule has 2 aromatic carbocycles. The van der Waals surface area contributed by atoms with Gasteiger partial charge in [-0.1, -0.05) is 12.1 Å². The maximum Gasteiger partial charge on any atom is 0.347 e. The summed E-state index contributed by atoms with van der Waals surface area (Å²) in [5.41, 5.74) is 0.773. The summed E-state index contributed by atoms with van der Waals surface area (Å²) >= 11 is 0. The van der Waals surface area contributed by atoms with E-state index >= 15 is 0 Å². The van der Waals surface area contributed by atoms with Crippen LogP contribution in [0, 0.1) is 5.82 Å². The van der Waals surface area contributed by atoms with Crippen LogP contribution in [0.3, 0.4) is 0 Å². The van der Waals surface area contributed by atoms with Crippen LogP contribution in [0.1, 0.15) is 12.5 Å². The molecule has 0 saturated heterocycles. The van der Waals surface area contributed by atoms with Crippen molar-refractivity contribution in [3.63, 3.8) is 0 Å². The largest absolute Gasteiger partial charge is 0.497 e. The third kappa shape index (κ3) is 6.29. The smallest absolute Gasteiger partial charge is 0.347 e. The highest BCUT2D eigenvalue weighted by Gasteiger charge is 2.19. The van der Waals surface area contributed by atoms with Gasteiger partial charge < -0.3 is 19.1 Å². The van der Waals surface area contributed by atoms with E-state index in [1.165, 1.54) is 17.0 Å². The fourth-order valence-electron chi connectivity index (χ4n) is 2.22. The molecule has 27 heavy (non-hydrogen) atoms. The summed E-state index contributed by atoms with van der Waals surface area (Å²) < 4.78 is 28.5. The minimum Gasteiger partial charge on any atom is -0.497 e. The lowest BCUT2D eigenvalue weighted by atomic mass is 10.2. The molecule has 0 spiro atoms. The molecular weight excluding hydrogens is 353 g/mol. The molecule has 1 unspecified atom stereocenters. The third-order valence-corrected chi connectivity index (χ3v) is 3.80. The summed E-state index contributed by atoms with van der Waals surface area (Å²) in [6.45, 7) is 1.43. The molecule has 0 aliphatic rings. The lowest BCUT2D eigenvalue weighted by Gasteiger charge is -2.18. The predicted octanol–water partition coefficient (Wildman–Crippen LogP) is 2.80. The van der Waals surface area contributed by atoms with Gasteiger partial charge >= 0.3 is 5.97 Å². The van der Waals surface area contributed by atoms with Crippen molar-refractivity contribution in [2.24, 2.45) is 0 Å². The van der Waals surface area contributed by atoms with E-state index < -0.39 is 18.7 Å². The third-order valence-electron chi connectivity index (χ3n) is 3.80. The van der Waals surface area contributed by atoms with Gasteiger partial charge in [-0.2, -0.15) is 0 Å². The molecule has 2 rings (SSSR count). The Morgan fingerprint density at radius 3 is 2.22 bits per heavy atom. The van der Waals surface area contributed by atoms with Crippen LogP contribution >= 0.6 is 0 Å². The lowest BCUT2D eigenvalue weighted by molar-refractivity contribution is -0.157. The molecule has 0 aromatic heterocycles. The fourth-order valence-corrected chi connectivity index (χ4v) is 2.22. The molecule has 0 bridgehead atoms. The Kier molecular flexibility index (Phi) is 7.16. The Balaban J connectivity index is 1.78. The van der Waals surface area contributed by atoms with Gasteiger partial charge in [-0.05, 0) is 48.9 Å². The van der Waals surface area contributed by atoms with E-state index in [9.17, 15) is 14.0 Å². The highest BCUT2D eigenvalue weighted by Crippen LogP contribution is 2.18. The Bertz CT molecular complexity index is 761. The Morgan fingerprint density at radius 1 is 1.04 bits per heavy atom. The number of hydrogen-bond donors (Lipinski definition) is 0. The number of esters is 1. The number of nitrogens with zero attached hydrogens (tertiary/aromatic N) is 1. The number of ether oxygens (including phenoxy) is 3. The first-order chi connectivity index (χ1) is 12.9. The maximum atomic E-state index is 12.9. The number of likely N-dealkylation sites (N-methyl/N-ethyl adjacent to an activating group) is 1. The minimum atomic E-state index is -0.867. The summed E-state index contributed by atoms with van der Waals surface area (Å²) in [6.07, 6.45) is -0.867. The van der Waals surface area contributed by atoms with E-state index in [-0.39, 0.29) is 18.3 Å². The standard InChI is InChI=1S/C20H22FNO5/c1-14(27-18-10-8-17(25-3)9-11-18)20(24)26-13-19(23)22(2)12-15-4-6-16(21)7-5-15/h4-11,14H,12-13H2,1-3H3. The summed E-state index contributed by atoms with van der Waals surface area (Å²) in [7, 11) is 3.14. The number of rotatable bonds is 8. The predicted molar refractivity (Wildman–Crippen MR) is 96.9 cm³/mol. The number of carbonyl (C=O) groups is 2. The summed E-state index contributed by atoms with van der Waals surface area (Å²) in [5.74, 6) is -0.196. The van der Waals surface area contributed by atoms with Crippen LogP contribution in [0.5, 0.6) is 11.5 Å². The normalized spacial score (nSPS) is 11.4. The topological polar surface area (TPSA) is 65.1 Å². The van der Waals surface area contributed by atoms with Crippen molar-refractivity contribution in [2.75, 3.05) is 20.8 Å². The van der Waals surface area contributed by atoms with E-state index in [4.69, 9.17) is 14.2 Å². The van der Waals surface area contributed by atoms with Gasteiger partial charge in [-0.15, -0.1) is 0 Å². The minimum absolute atomic E-state index is 0.286. The molecule has 0 fully saturated rings. The SMILES string of the molecule is COc1ccc(OC(C)C(=O)OCC(=O)N(C)Cc2ccc(F)cc2)cc1. The van der Waals surface area contributed by atoms with Gasteiger partial charge in [0.05, 0.1) is 7.11 Å². The Morgan fingerprint density at radius 2 is 1.63 bits per heavy atom. The van der Waals surface area contributed by atoms with Crippen molar-refractivity contribution in [2.45, 2.75) is 19.6 Å². The van der Waals surface area contributed by atoms with Crippen molar-refractivity contribution < 1.29 is 28.2 Å². The molecule has 1 amide bonds. The zero-order chi connectivity index (χ0) is 19.8. The first-order valence-electron chi connectivity index (χ1n) is 8.35. The van der Waals surface area contributed by atoms with Gasteiger partial charge in [0.2, 0.25) is 0 Å². The van der Waals surface area contributed by atoms with E-state index in [1.807, 2.05) is 0 Å². The van der Waals surface area contributed by atoms with Crippen LogP contribution in [-0.4, -0.2) is 43.6 Å². The van der Waals surface area contributed by atoms with Gasteiger partial charge in [0, 0.05) is 13.6 Å². The van der Waals surface area contributed by atoms with Gasteiger partial charge in [0.15, 0.2) is 12.7 Å². The quantitative estimate of drug-likeness (QED) is 0.664. The second-order valence-corrected chi connectivity index (χ2v) is 5.92. The number of hydrogen-bond acceptors (Lipinski definition) is 5. The van der Waals surface area contributed by atoms with Gasteiger partial charge in [-0.3, -0.25) is 4.79 Å².